The number of thioether (sulfide) groups is 1. The first-order valence-electron chi connectivity index (χ1n) is 7.25. The van der Waals surface area contributed by atoms with Crippen LogP contribution in [0, 0.1) is 5.92 Å². The maximum Gasteiger partial charge on any atom is 0.307 e. The second-order valence-corrected chi connectivity index (χ2v) is 7.67. The molecule has 0 aromatic heterocycles. The first-order valence-corrected chi connectivity index (χ1v) is 9.05. The van der Waals surface area contributed by atoms with Crippen LogP contribution in [0.1, 0.15) is 19.4 Å². The SMILES string of the molecule is CC(C)CSc1ccc(Sc2ccccc2CC(=O)O)cc1. The number of carboxylic acid groups (broad SMARTS) is 1. The molecular weight excluding hydrogens is 312 g/mol. The zero-order valence-electron chi connectivity index (χ0n) is 12.8. The fraction of sp³-hybridized carbons (Fsp3) is 0.278. The molecule has 0 saturated carbocycles. The molecule has 0 bridgehead atoms. The Bertz CT molecular complexity index is 621. The normalized spacial score (nSPS) is 10.9. The smallest absolute Gasteiger partial charge is 0.307 e. The standard InChI is InChI=1S/C18H20O2S2/c1-13(2)12-21-15-7-9-16(10-8-15)22-17-6-4-3-5-14(17)11-18(19)20/h3-10,13H,11-12H2,1-2H3,(H,19,20). The van der Waals surface area contributed by atoms with Crippen molar-refractivity contribution in [3.63, 3.8) is 0 Å². The summed E-state index contributed by atoms with van der Waals surface area (Å²) in [7, 11) is 0. The number of carbonyl (C=O) groups is 1. The van der Waals surface area contributed by atoms with Crippen LogP contribution >= 0.6 is 23.5 Å². The summed E-state index contributed by atoms with van der Waals surface area (Å²) in [6.45, 7) is 4.44. The highest BCUT2D eigenvalue weighted by molar-refractivity contribution is 7.99. The number of hydrogen-bond donors (Lipinski definition) is 1. The second kappa shape index (κ2) is 8.30. The van der Waals surface area contributed by atoms with Crippen molar-refractivity contribution < 1.29 is 9.90 Å². The molecule has 2 aromatic carbocycles. The van der Waals surface area contributed by atoms with E-state index in [0.29, 0.717) is 5.92 Å². The zero-order valence-corrected chi connectivity index (χ0v) is 14.4. The molecule has 4 heteroatoms. The van der Waals surface area contributed by atoms with Crippen LogP contribution in [0.15, 0.2) is 63.2 Å². The molecule has 0 amide bonds. The molecule has 2 rings (SSSR count). The highest BCUT2D eigenvalue weighted by Crippen LogP contribution is 2.32. The van der Waals surface area contributed by atoms with E-state index in [2.05, 4.69) is 38.1 Å². The summed E-state index contributed by atoms with van der Waals surface area (Å²) in [6, 6.07) is 16.2. The first kappa shape index (κ1) is 17.0. The van der Waals surface area contributed by atoms with E-state index >= 15 is 0 Å². The van der Waals surface area contributed by atoms with Crippen molar-refractivity contribution in [1.82, 2.24) is 0 Å². The topological polar surface area (TPSA) is 37.3 Å². The molecule has 2 aromatic rings. The molecule has 22 heavy (non-hydrogen) atoms. The lowest BCUT2D eigenvalue weighted by Crippen LogP contribution is -2.01. The number of benzene rings is 2. The van der Waals surface area contributed by atoms with Crippen molar-refractivity contribution in [2.45, 2.75) is 35.0 Å². The fourth-order valence-electron chi connectivity index (χ4n) is 1.91. The molecule has 0 radical (unpaired) electrons. The Morgan fingerprint density at radius 1 is 1.05 bits per heavy atom. The van der Waals surface area contributed by atoms with Crippen LogP contribution in [0.5, 0.6) is 0 Å². The zero-order chi connectivity index (χ0) is 15.9. The van der Waals surface area contributed by atoms with E-state index in [1.165, 1.54) is 4.90 Å². The lowest BCUT2D eigenvalue weighted by atomic mass is 10.1. The Labute approximate surface area is 140 Å². The van der Waals surface area contributed by atoms with E-state index < -0.39 is 5.97 Å². The van der Waals surface area contributed by atoms with Crippen LogP contribution in [0.4, 0.5) is 0 Å². The van der Waals surface area contributed by atoms with Crippen molar-refractivity contribution in [3.8, 4) is 0 Å². The van der Waals surface area contributed by atoms with Gasteiger partial charge in [0, 0.05) is 20.4 Å². The van der Waals surface area contributed by atoms with Crippen LogP contribution < -0.4 is 0 Å². The highest BCUT2D eigenvalue weighted by Gasteiger charge is 2.08. The Kier molecular flexibility index (Phi) is 6.40. The maximum absolute atomic E-state index is 10.9. The molecule has 0 atom stereocenters. The van der Waals surface area contributed by atoms with Gasteiger partial charge in [-0.25, -0.2) is 0 Å². The quantitative estimate of drug-likeness (QED) is 0.706. The monoisotopic (exact) mass is 332 g/mol. The second-order valence-electron chi connectivity index (χ2n) is 5.46. The van der Waals surface area contributed by atoms with Gasteiger partial charge in [-0.2, -0.15) is 0 Å². The van der Waals surface area contributed by atoms with E-state index in [-0.39, 0.29) is 6.42 Å². The maximum atomic E-state index is 10.9. The predicted octanol–water partition coefficient (Wildman–Crippen LogP) is 5.21. The van der Waals surface area contributed by atoms with Gasteiger partial charge >= 0.3 is 5.97 Å². The molecule has 116 valence electrons. The lowest BCUT2D eigenvalue weighted by Gasteiger charge is -2.08. The largest absolute Gasteiger partial charge is 0.481 e. The van der Waals surface area contributed by atoms with Crippen LogP contribution in [0.3, 0.4) is 0 Å². The lowest BCUT2D eigenvalue weighted by molar-refractivity contribution is -0.136. The summed E-state index contributed by atoms with van der Waals surface area (Å²) >= 11 is 3.48. The summed E-state index contributed by atoms with van der Waals surface area (Å²) in [6.07, 6.45) is 0.0610. The van der Waals surface area contributed by atoms with Gasteiger partial charge in [0.2, 0.25) is 0 Å². The van der Waals surface area contributed by atoms with Gasteiger partial charge in [-0.3, -0.25) is 4.79 Å². The minimum atomic E-state index is -0.798. The fourth-order valence-corrected chi connectivity index (χ4v) is 3.70. The van der Waals surface area contributed by atoms with E-state index in [4.69, 9.17) is 5.11 Å². The van der Waals surface area contributed by atoms with Crippen molar-refractivity contribution in [3.05, 3.63) is 54.1 Å². The molecule has 1 N–H and O–H groups in total. The Morgan fingerprint density at radius 2 is 1.68 bits per heavy atom. The summed E-state index contributed by atoms with van der Waals surface area (Å²) in [5.41, 5.74) is 0.859. The summed E-state index contributed by atoms with van der Waals surface area (Å²) in [5, 5.41) is 8.99. The van der Waals surface area contributed by atoms with Crippen LogP contribution in [-0.4, -0.2) is 16.8 Å². The molecule has 0 fully saturated rings. The van der Waals surface area contributed by atoms with Crippen molar-refractivity contribution in [1.29, 1.82) is 0 Å². The van der Waals surface area contributed by atoms with Gasteiger partial charge in [-0.15, -0.1) is 11.8 Å². The highest BCUT2D eigenvalue weighted by atomic mass is 32.2. The van der Waals surface area contributed by atoms with Gasteiger partial charge in [0.1, 0.15) is 0 Å². The molecule has 0 heterocycles. The predicted molar refractivity (Wildman–Crippen MR) is 93.9 cm³/mol. The summed E-state index contributed by atoms with van der Waals surface area (Å²) in [5.74, 6) is 1.00. The van der Waals surface area contributed by atoms with Crippen LogP contribution in [0.25, 0.3) is 0 Å². The molecule has 0 aliphatic heterocycles. The average Bonchev–Trinajstić information content (AvgIpc) is 2.48. The van der Waals surface area contributed by atoms with E-state index in [1.807, 2.05) is 36.0 Å². The third-order valence-electron chi connectivity index (χ3n) is 2.95. The average molecular weight is 332 g/mol. The first-order chi connectivity index (χ1) is 10.5. The molecule has 2 nitrogen and oxygen atoms in total. The Hall–Kier alpha value is -1.39. The van der Waals surface area contributed by atoms with Gasteiger partial charge in [-0.1, -0.05) is 43.8 Å². The number of rotatable bonds is 7. The Balaban J connectivity index is 2.06. The molecule has 0 aliphatic rings. The van der Waals surface area contributed by atoms with E-state index in [1.54, 1.807) is 11.8 Å². The van der Waals surface area contributed by atoms with Gasteiger partial charge in [0.25, 0.3) is 0 Å². The number of carboxylic acids is 1. The van der Waals surface area contributed by atoms with Crippen LogP contribution in [-0.2, 0) is 11.2 Å². The van der Waals surface area contributed by atoms with Gasteiger partial charge < -0.3 is 5.11 Å². The Morgan fingerprint density at radius 3 is 2.32 bits per heavy atom. The van der Waals surface area contributed by atoms with E-state index in [0.717, 1.165) is 21.1 Å². The minimum absolute atomic E-state index is 0.0610. The van der Waals surface area contributed by atoms with E-state index in [9.17, 15) is 4.79 Å². The van der Waals surface area contributed by atoms with Crippen LogP contribution in [0.2, 0.25) is 0 Å². The van der Waals surface area contributed by atoms with Gasteiger partial charge in [0.05, 0.1) is 6.42 Å². The third-order valence-corrected chi connectivity index (χ3v) is 5.51. The molecular formula is C18H20O2S2. The number of hydrogen-bond acceptors (Lipinski definition) is 3. The molecule has 0 spiro atoms. The summed E-state index contributed by atoms with van der Waals surface area (Å²) in [4.78, 5) is 14.3. The third kappa shape index (κ3) is 5.43. The minimum Gasteiger partial charge on any atom is -0.481 e. The molecule has 0 aliphatic carbocycles. The van der Waals surface area contributed by atoms with Gasteiger partial charge in [0.15, 0.2) is 0 Å². The molecule has 0 saturated heterocycles. The molecule has 0 unspecified atom stereocenters. The summed E-state index contributed by atoms with van der Waals surface area (Å²) < 4.78 is 0. The number of aliphatic carboxylic acids is 1. The van der Waals surface area contributed by atoms with Crippen molar-refractivity contribution in [2.75, 3.05) is 5.75 Å². The van der Waals surface area contributed by atoms with Gasteiger partial charge in [-0.05, 0) is 41.8 Å². The van der Waals surface area contributed by atoms with Crippen molar-refractivity contribution >= 4 is 29.5 Å². The van der Waals surface area contributed by atoms with Crippen molar-refractivity contribution in [2.24, 2.45) is 5.92 Å².